The van der Waals surface area contributed by atoms with Gasteiger partial charge in [-0.15, -0.1) is 11.8 Å². The minimum atomic E-state index is -0.260. The van der Waals surface area contributed by atoms with Crippen LogP contribution >= 0.6 is 23.4 Å². The van der Waals surface area contributed by atoms with Crippen LogP contribution < -0.4 is 14.8 Å². The number of carbonyl (C=O) groups excluding carboxylic acids is 1. The van der Waals surface area contributed by atoms with Crippen LogP contribution in [0.15, 0.2) is 47.4 Å². The molecule has 0 fully saturated rings. The average molecular weight is 352 g/mol. The van der Waals surface area contributed by atoms with Gasteiger partial charge in [-0.05, 0) is 49.4 Å². The van der Waals surface area contributed by atoms with Crippen molar-refractivity contribution in [1.82, 2.24) is 0 Å². The molecule has 0 radical (unpaired) electrons. The second-order valence-electron chi connectivity index (χ2n) is 4.77. The monoisotopic (exact) mass is 351 g/mol. The number of thioether (sulfide) groups is 1. The third-order valence-corrected chi connectivity index (χ3v) is 4.49. The molecule has 0 aliphatic rings. The lowest BCUT2D eigenvalue weighted by molar-refractivity contribution is -0.115. The Bertz CT molecular complexity index is 676. The Balaban J connectivity index is 2.01. The van der Waals surface area contributed by atoms with Gasteiger partial charge in [0.1, 0.15) is 0 Å². The predicted molar refractivity (Wildman–Crippen MR) is 94.9 cm³/mol. The van der Waals surface area contributed by atoms with Gasteiger partial charge in [0.25, 0.3) is 0 Å². The van der Waals surface area contributed by atoms with E-state index in [0.29, 0.717) is 16.5 Å². The maximum absolute atomic E-state index is 12.3. The molecule has 1 atom stereocenters. The van der Waals surface area contributed by atoms with Crippen LogP contribution in [-0.4, -0.2) is 25.4 Å². The molecule has 0 bridgehead atoms. The molecule has 0 saturated carbocycles. The van der Waals surface area contributed by atoms with Gasteiger partial charge in [0.15, 0.2) is 11.5 Å². The smallest absolute Gasteiger partial charge is 0.237 e. The lowest BCUT2D eigenvalue weighted by atomic mass is 10.3. The van der Waals surface area contributed by atoms with Crippen molar-refractivity contribution >= 4 is 35.0 Å². The summed E-state index contributed by atoms with van der Waals surface area (Å²) < 4.78 is 10.5. The SMILES string of the molecule is COc1ccc(S[C@H](C)C(=O)Nc2ccc(Cl)cc2)cc1OC. The fourth-order valence-corrected chi connectivity index (χ4v) is 2.95. The molecule has 0 aromatic heterocycles. The van der Waals surface area contributed by atoms with Crippen molar-refractivity contribution in [3.05, 3.63) is 47.5 Å². The minimum Gasteiger partial charge on any atom is -0.493 e. The number of rotatable bonds is 6. The first-order valence-electron chi connectivity index (χ1n) is 6.98. The first-order valence-corrected chi connectivity index (χ1v) is 8.24. The molecular formula is C17H18ClNO3S. The van der Waals surface area contributed by atoms with Crippen molar-refractivity contribution in [2.45, 2.75) is 17.1 Å². The van der Waals surface area contributed by atoms with Crippen LogP contribution in [0, 0.1) is 0 Å². The highest BCUT2D eigenvalue weighted by Gasteiger charge is 2.16. The van der Waals surface area contributed by atoms with Gasteiger partial charge in [-0.3, -0.25) is 4.79 Å². The van der Waals surface area contributed by atoms with Gasteiger partial charge in [0, 0.05) is 15.6 Å². The number of hydrogen-bond donors (Lipinski definition) is 1. The van der Waals surface area contributed by atoms with Crippen LogP contribution in [-0.2, 0) is 4.79 Å². The standard InChI is InChI=1S/C17H18ClNO3S/c1-11(17(20)19-13-6-4-12(18)5-7-13)23-14-8-9-15(21-2)16(10-14)22-3/h4-11H,1-3H3,(H,19,20)/t11-/m1/s1. The summed E-state index contributed by atoms with van der Waals surface area (Å²) in [5.41, 5.74) is 0.721. The second kappa shape index (κ2) is 8.13. The van der Waals surface area contributed by atoms with Crippen molar-refractivity contribution in [2.75, 3.05) is 19.5 Å². The van der Waals surface area contributed by atoms with Crippen LogP contribution in [0.2, 0.25) is 5.02 Å². The number of amides is 1. The van der Waals surface area contributed by atoms with Gasteiger partial charge in [-0.25, -0.2) is 0 Å². The Kier molecular flexibility index (Phi) is 6.19. The van der Waals surface area contributed by atoms with E-state index in [-0.39, 0.29) is 11.2 Å². The summed E-state index contributed by atoms with van der Waals surface area (Å²) in [6, 6.07) is 12.6. The topological polar surface area (TPSA) is 47.6 Å². The first-order chi connectivity index (χ1) is 11.0. The van der Waals surface area contributed by atoms with Crippen LogP contribution in [0.1, 0.15) is 6.92 Å². The number of nitrogens with one attached hydrogen (secondary N) is 1. The van der Waals surface area contributed by atoms with Crippen molar-refractivity contribution in [1.29, 1.82) is 0 Å². The van der Waals surface area contributed by atoms with Crippen molar-refractivity contribution in [3.8, 4) is 11.5 Å². The lowest BCUT2D eigenvalue weighted by Crippen LogP contribution is -2.22. The summed E-state index contributed by atoms with van der Waals surface area (Å²) in [4.78, 5) is 13.2. The van der Waals surface area contributed by atoms with Crippen molar-refractivity contribution < 1.29 is 14.3 Å². The Morgan fingerprint density at radius 3 is 2.35 bits per heavy atom. The molecule has 1 N–H and O–H groups in total. The number of halogens is 1. The van der Waals surface area contributed by atoms with E-state index in [9.17, 15) is 4.79 Å². The quantitative estimate of drug-likeness (QED) is 0.780. The van der Waals surface area contributed by atoms with Crippen LogP contribution in [0.3, 0.4) is 0 Å². The van der Waals surface area contributed by atoms with Gasteiger partial charge in [0.2, 0.25) is 5.91 Å². The molecule has 6 heteroatoms. The summed E-state index contributed by atoms with van der Waals surface area (Å²) in [7, 11) is 3.18. The maximum atomic E-state index is 12.3. The van der Waals surface area contributed by atoms with E-state index in [4.69, 9.17) is 21.1 Å². The van der Waals surface area contributed by atoms with Crippen molar-refractivity contribution in [2.24, 2.45) is 0 Å². The fraction of sp³-hybridized carbons (Fsp3) is 0.235. The van der Waals surface area contributed by atoms with Gasteiger partial charge < -0.3 is 14.8 Å². The Hall–Kier alpha value is -1.85. The third kappa shape index (κ3) is 4.81. The summed E-state index contributed by atoms with van der Waals surface area (Å²) in [6.45, 7) is 1.85. The second-order valence-corrected chi connectivity index (χ2v) is 6.62. The number of ether oxygens (including phenoxy) is 2. The van der Waals surface area contributed by atoms with Crippen LogP contribution in [0.4, 0.5) is 5.69 Å². The number of carbonyl (C=O) groups is 1. The van der Waals surface area contributed by atoms with E-state index in [2.05, 4.69) is 5.32 Å². The largest absolute Gasteiger partial charge is 0.493 e. The molecule has 0 saturated heterocycles. The number of hydrogen-bond acceptors (Lipinski definition) is 4. The van der Waals surface area contributed by atoms with Gasteiger partial charge >= 0.3 is 0 Å². The van der Waals surface area contributed by atoms with E-state index in [1.54, 1.807) is 38.5 Å². The molecule has 1 amide bonds. The summed E-state index contributed by atoms with van der Waals surface area (Å²) in [6.07, 6.45) is 0. The molecule has 0 heterocycles. The molecule has 23 heavy (non-hydrogen) atoms. The average Bonchev–Trinajstić information content (AvgIpc) is 2.56. The number of benzene rings is 2. The molecule has 0 unspecified atom stereocenters. The van der Waals surface area contributed by atoms with E-state index >= 15 is 0 Å². The first kappa shape index (κ1) is 17.5. The van der Waals surface area contributed by atoms with E-state index in [0.717, 1.165) is 10.6 Å². The van der Waals surface area contributed by atoms with Gasteiger partial charge in [-0.2, -0.15) is 0 Å². The minimum absolute atomic E-state index is 0.0768. The Morgan fingerprint density at radius 2 is 1.74 bits per heavy atom. The maximum Gasteiger partial charge on any atom is 0.237 e. The zero-order chi connectivity index (χ0) is 16.8. The van der Waals surface area contributed by atoms with Crippen LogP contribution in [0.25, 0.3) is 0 Å². The zero-order valence-corrected chi connectivity index (χ0v) is 14.7. The number of methoxy groups -OCH3 is 2. The highest BCUT2D eigenvalue weighted by Crippen LogP contribution is 2.33. The highest BCUT2D eigenvalue weighted by molar-refractivity contribution is 8.00. The Morgan fingerprint density at radius 1 is 1.09 bits per heavy atom. The summed E-state index contributed by atoms with van der Waals surface area (Å²) >= 11 is 7.28. The molecule has 0 aliphatic carbocycles. The van der Waals surface area contributed by atoms with E-state index in [1.165, 1.54) is 11.8 Å². The molecule has 2 aromatic rings. The Labute approximate surface area is 145 Å². The third-order valence-electron chi connectivity index (χ3n) is 3.15. The highest BCUT2D eigenvalue weighted by atomic mass is 35.5. The lowest BCUT2D eigenvalue weighted by Gasteiger charge is -2.14. The molecular weight excluding hydrogens is 334 g/mol. The van der Waals surface area contributed by atoms with Gasteiger partial charge in [-0.1, -0.05) is 11.6 Å². The molecule has 0 aliphatic heterocycles. The molecule has 2 aromatic carbocycles. The number of anilines is 1. The summed E-state index contributed by atoms with van der Waals surface area (Å²) in [5, 5.41) is 3.24. The van der Waals surface area contributed by atoms with Crippen LogP contribution in [0.5, 0.6) is 11.5 Å². The predicted octanol–water partition coefficient (Wildman–Crippen LogP) is 4.48. The van der Waals surface area contributed by atoms with Crippen molar-refractivity contribution in [3.63, 3.8) is 0 Å². The molecule has 122 valence electrons. The molecule has 0 spiro atoms. The fourth-order valence-electron chi connectivity index (χ4n) is 1.92. The van der Waals surface area contributed by atoms with Gasteiger partial charge in [0.05, 0.1) is 19.5 Å². The zero-order valence-electron chi connectivity index (χ0n) is 13.1. The van der Waals surface area contributed by atoms with E-state index < -0.39 is 0 Å². The summed E-state index contributed by atoms with van der Waals surface area (Å²) in [5.74, 6) is 1.23. The van der Waals surface area contributed by atoms with E-state index in [1.807, 2.05) is 25.1 Å². The normalized spacial score (nSPS) is 11.7. The molecule has 2 rings (SSSR count). The molecule has 4 nitrogen and oxygen atoms in total.